The van der Waals surface area contributed by atoms with Crippen LogP contribution in [-0.2, 0) is 0 Å². The van der Waals surface area contributed by atoms with Crippen molar-refractivity contribution in [3.8, 4) is 10.6 Å². The second-order valence-electron chi connectivity index (χ2n) is 5.66. The number of carbonyl (C=O) groups excluding carboxylic acids is 1. The Morgan fingerprint density at radius 1 is 0.958 bits per heavy atom. The number of nitrogens with one attached hydrogen (secondary N) is 2. The highest BCUT2D eigenvalue weighted by atomic mass is 32.1. The van der Waals surface area contributed by atoms with Gasteiger partial charge < -0.3 is 5.32 Å². The van der Waals surface area contributed by atoms with Gasteiger partial charge in [-0.15, -0.1) is 10.2 Å². The van der Waals surface area contributed by atoms with Crippen molar-refractivity contribution < 1.29 is 4.79 Å². The Morgan fingerprint density at radius 3 is 2.54 bits per heavy atom. The number of hydrogen-bond donors (Lipinski definition) is 2. The quantitative estimate of drug-likeness (QED) is 0.722. The largest absolute Gasteiger partial charge is 0.325 e. The second kappa shape index (κ2) is 6.80. The number of nitrogens with zero attached hydrogens (tertiary/aromatic N) is 2. The fourth-order valence-electron chi connectivity index (χ4n) is 2.25. The lowest BCUT2D eigenvalue weighted by Gasteiger charge is -2.07. The molecule has 0 aliphatic carbocycles. The summed E-state index contributed by atoms with van der Waals surface area (Å²) < 4.78 is 0. The molecule has 0 saturated carbocycles. The van der Waals surface area contributed by atoms with Crippen LogP contribution in [0, 0.1) is 20.8 Å². The number of hydrogen-bond acceptors (Lipinski definition) is 4. The van der Waals surface area contributed by atoms with Crippen molar-refractivity contribution in [3.63, 3.8) is 0 Å². The normalized spacial score (nSPS) is 10.5. The van der Waals surface area contributed by atoms with Crippen molar-refractivity contribution >= 4 is 28.2 Å². The number of benzene rings is 2. The predicted molar refractivity (Wildman–Crippen MR) is 98.6 cm³/mol. The van der Waals surface area contributed by atoms with Gasteiger partial charge in [0.15, 0.2) is 0 Å². The van der Waals surface area contributed by atoms with E-state index in [-0.39, 0.29) is 6.03 Å². The maximum Gasteiger partial charge on any atom is 0.325 e. The van der Waals surface area contributed by atoms with Crippen LogP contribution in [0.2, 0.25) is 0 Å². The lowest BCUT2D eigenvalue weighted by atomic mass is 10.1. The molecule has 0 atom stereocenters. The first-order valence-corrected chi connectivity index (χ1v) is 8.39. The van der Waals surface area contributed by atoms with Gasteiger partial charge in [0.2, 0.25) is 5.13 Å². The molecule has 0 aliphatic heterocycles. The monoisotopic (exact) mass is 338 g/mol. The third kappa shape index (κ3) is 3.78. The highest BCUT2D eigenvalue weighted by Gasteiger charge is 2.10. The Labute approximate surface area is 144 Å². The Balaban J connectivity index is 1.68. The lowest BCUT2D eigenvalue weighted by Crippen LogP contribution is -2.19. The van der Waals surface area contributed by atoms with Crippen LogP contribution in [0.15, 0.2) is 42.5 Å². The fraction of sp³-hybridized carbons (Fsp3) is 0.167. The molecular formula is C18H18N4OS. The van der Waals surface area contributed by atoms with E-state index in [1.165, 1.54) is 16.9 Å². The number of aromatic nitrogens is 2. The zero-order chi connectivity index (χ0) is 17.1. The van der Waals surface area contributed by atoms with Crippen molar-refractivity contribution in [1.82, 2.24) is 10.2 Å². The zero-order valence-corrected chi connectivity index (χ0v) is 14.6. The summed E-state index contributed by atoms with van der Waals surface area (Å²) in [6.45, 7) is 6.07. The molecule has 0 unspecified atom stereocenters. The van der Waals surface area contributed by atoms with Crippen molar-refractivity contribution in [2.45, 2.75) is 20.8 Å². The third-order valence-electron chi connectivity index (χ3n) is 3.68. The summed E-state index contributed by atoms with van der Waals surface area (Å²) in [5, 5.41) is 14.9. The Hall–Kier alpha value is -2.73. The van der Waals surface area contributed by atoms with Crippen LogP contribution in [-0.4, -0.2) is 16.2 Å². The van der Waals surface area contributed by atoms with Crippen LogP contribution in [0.1, 0.15) is 16.7 Å². The second-order valence-corrected chi connectivity index (χ2v) is 6.64. The molecule has 1 heterocycles. The fourth-order valence-corrected chi connectivity index (χ4v) is 2.98. The summed E-state index contributed by atoms with van der Waals surface area (Å²) in [4.78, 5) is 12.1. The molecule has 0 spiro atoms. The number of anilines is 2. The van der Waals surface area contributed by atoms with Gasteiger partial charge in [0, 0.05) is 11.3 Å². The van der Waals surface area contributed by atoms with Crippen LogP contribution in [0.3, 0.4) is 0 Å². The number of carbonyl (C=O) groups is 1. The van der Waals surface area contributed by atoms with Gasteiger partial charge in [0.1, 0.15) is 5.01 Å². The lowest BCUT2D eigenvalue weighted by molar-refractivity contribution is 0.262. The Bertz CT molecular complexity index is 888. The van der Waals surface area contributed by atoms with Crippen LogP contribution in [0.5, 0.6) is 0 Å². The minimum atomic E-state index is -0.329. The zero-order valence-electron chi connectivity index (χ0n) is 13.8. The first-order chi connectivity index (χ1) is 11.5. The van der Waals surface area contributed by atoms with Gasteiger partial charge in [-0.3, -0.25) is 5.32 Å². The topological polar surface area (TPSA) is 66.9 Å². The van der Waals surface area contributed by atoms with Gasteiger partial charge in [-0.2, -0.15) is 0 Å². The van der Waals surface area contributed by atoms with Crippen LogP contribution in [0.25, 0.3) is 10.6 Å². The van der Waals surface area contributed by atoms with Crippen LogP contribution in [0.4, 0.5) is 15.6 Å². The number of amides is 2. The average Bonchev–Trinajstić information content (AvgIpc) is 2.99. The molecule has 0 radical (unpaired) electrons. The van der Waals surface area contributed by atoms with E-state index in [0.717, 1.165) is 27.4 Å². The summed E-state index contributed by atoms with van der Waals surface area (Å²) in [7, 11) is 0. The van der Waals surface area contributed by atoms with E-state index in [1.54, 1.807) is 0 Å². The minimum Gasteiger partial charge on any atom is -0.308 e. The molecule has 5 nitrogen and oxygen atoms in total. The molecule has 2 amide bonds. The molecule has 0 bridgehead atoms. The third-order valence-corrected chi connectivity index (χ3v) is 4.56. The van der Waals surface area contributed by atoms with Gasteiger partial charge in [0.25, 0.3) is 0 Å². The maximum atomic E-state index is 12.1. The molecule has 1 aromatic heterocycles. The molecular weight excluding hydrogens is 320 g/mol. The van der Waals surface area contributed by atoms with Gasteiger partial charge in [-0.1, -0.05) is 41.2 Å². The number of rotatable bonds is 3. The van der Waals surface area contributed by atoms with Crippen molar-refractivity contribution in [1.29, 1.82) is 0 Å². The van der Waals surface area contributed by atoms with E-state index in [9.17, 15) is 4.79 Å². The van der Waals surface area contributed by atoms with Crippen molar-refractivity contribution in [2.75, 3.05) is 10.6 Å². The van der Waals surface area contributed by atoms with Gasteiger partial charge in [0.05, 0.1) is 0 Å². The molecule has 3 aromatic rings. The van der Waals surface area contributed by atoms with Crippen LogP contribution < -0.4 is 10.6 Å². The number of urea groups is 1. The maximum absolute atomic E-state index is 12.1. The minimum absolute atomic E-state index is 0.329. The van der Waals surface area contributed by atoms with Gasteiger partial charge in [-0.25, -0.2) is 4.79 Å². The molecule has 0 fully saturated rings. The molecule has 3 rings (SSSR count). The Kier molecular flexibility index (Phi) is 4.57. The number of aryl methyl sites for hydroxylation is 3. The predicted octanol–water partition coefficient (Wildman–Crippen LogP) is 4.77. The summed E-state index contributed by atoms with van der Waals surface area (Å²) >= 11 is 1.35. The van der Waals surface area contributed by atoms with E-state index in [0.29, 0.717) is 5.13 Å². The van der Waals surface area contributed by atoms with Crippen LogP contribution >= 0.6 is 11.3 Å². The molecule has 0 aliphatic rings. The molecule has 24 heavy (non-hydrogen) atoms. The van der Waals surface area contributed by atoms with E-state index < -0.39 is 0 Å². The van der Waals surface area contributed by atoms with Gasteiger partial charge >= 0.3 is 6.03 Å². The molecule has 2 aromatic carbocycles. The van der Waals surface area contributed by atoms with Gasteiger partial charge in [-0.05, 0) is 50.1 Å². The highest BCUT2D eigenvalue weighted by molar-refractivity contribution is 7.18. The SMILES string of the molecule is Cc1cccc(-c2nnc(NC(=O)Nc3ccc(C)c(C)c3)s2)c1. The molecule has 6 heteroatoms. The van der Waals surface area contributed by atoms with E-state index in [2.05, 4.69) is 20.8 Å². The standard InChI is InChI=1S/C18H18N4OS/c1-11-5-4-6-14(9-11)16-21-22-18(24-16)20-17(23)19-15-8-7-12(2)13(3)10-15/h4-10H,1-3H3,(H2,19,20,22,23). The van der Waals surface area contributed by atoms with Crippen molar-refractivity contribution in [3.05, 3.63) is 59.2 Å². The van der Waals surface area contributed by atoms with Crippen molar-refractivity contribution in [2.24, 2.45) is 0 Å². The van der Waals surface area contributed by atoms with E-state index in [1.807, 2.05) is 63.2 Å². The first-order valence-electron chi connectivity index (χ1n) is 7.57. The smallest absolute Gasteiger partial charge is 0.308 e. The molecule has 122 valence electrons. The molecule has 2 N–H and O–H groups in total. The summed E-state index contributed by atoms with van der Waals surface area (Å²) in [6.07, 6.45) is 0. The molecule has 0 saturated heterocycles. The van der Waals surface area contributed by atoms with E-state index in [4.69, 9.17) is 0 Å². The summed E-state index contributed by atoms with van der Waals surface area (Å²) in [5.74, 6) is 0. The van der Waals surface area contributed by atoms with E-state index >= 15 is 0 Å². The average molecular weight is 338 g/mol. The summed E-state index contributed by atoms with van der Waals surface area (Å²) in [5.41, 5.74) is 5.22. The Morgan fingerprint density at radius 2 is 1.79 bits per heavy atom. The highest BCUT2D eigenvalue weighted by Crippen LogP contribution is 2.27. The first kappa shape index (κ1) is 16.1. The summed E-state index contributed by atoms with van der Waals surface area (Å²) in [6, 6.07) is 13.5.